The molecule has 1 unspecified atom stereocenters. The Morgan fingerprint density at radius 3 is 2.31 bits per heavy atom. The second-order valence-electron chi connectivity index (χ2n) is 7.73. The normalized spacial score (nSPS) is 26.8. The van der Waals surface area contributed by atoms with E-state index in [2.05, 4.69) is 17.1 Å². The van der Waals surface area contributed by atoms with Crippen LogP contribution in [0.2, 0.25) is 0 Å². The maximum absolute atomic E-state index is 12.8. The average Bonchev–Trinajstić information content (AvgIpc) is 2.56. The number of carbonyl (C=O) groups is 3. The van der Waals surface area contributed by atoms with Crippen LogP contribution in [0.15, 0.2) is 4.99 Å². The third-order valence-electron chi connectivity index (χ3n) is 4.00. The van der Waals surface area contributed by atoms with Gasteiger partial charge in [-0.15, -0.1) is 5.43 Å². The van der Waals surface area contributed by atoms with Crippen LogP contribution in [-0.2, 0) is 14.4 Å². The monoisotopic (exact) mass is 421 g/mol. The standard InChI is InChI=1S/C16H28N4O9/c1-16(2,3)28-15(27)18-20(5,29-14(26)17-4)7-11(23)19-6-10(22)13(25)12(24)9(19)8-21/h9-10,12-13,21-22,24-25H,4,6-8H2,1-3,5H3/p+1/t9-,10+,12-,13-,20?/m1/s1. The Morgan fingerprint density at radius 2 is 1.83 bits per heavy atom. The number of hydrogen-bond donors (Lipinski definition) is 5. The van der Waals surface area contributed by atoms with Crippen molar-refractivity contribution in [1.82, 2.24) is 10.3 Å². The number of ether oxygens (including phenoxy) is 1. The molecular weight excluding hydrogens is 392 g/mol. The van der Waals surface area contributed by atoms with E-state index < -0.39 is 72.5 Å². The van der Waals surface area contributed by atoms with Crippen molar-refractivity contribution in [3.8, 4) is 0 Å². The van der Waals surface area contributed by atoms with E-state index in [1.165, 1.54) is 0 Å². The SMILES string of the molecule is C=NC(=O)O[N+](C)(CC(=O)N1C[C@H](O)[C@@H](O)[C@H](O)[C@H]1CO)NC(=O)OC(C)(C)C. The van der Waals surface area contributed by atoms with Crippen LogP contribution in [0.3, 0.4) is 0 Å². The minimum atomic E-state index is -1.61. The highest BCUT2D eigenvalue weighted by molar-refractivity contribution is 5.78. The van der Waals surface area contributed by atoms with Gasteiger partial charge in [-0.05, 0) is 32.2 Å². The lowest BCUT2D eigenvalue weighted by Gasteiger charge is -2.43. The number of β-amino-alcohol motifs (C(OH)–C–C–N with tert-alkyl or cyclic N) is 1. The molecule has 166 valence electrons. The molecule has 1 rings (SSSR count). The first-order chi connectivity index (χ1) is 13.2. The van der Waals surface area contributed by atoms with Gasteiger partial charge in [-0.2, -0.15) is 4.99 Å². The van der Waals surface area contributed by atoms with Gasteiger partial charge in [-0.25, -0.2) is 14.4 Å². The molecule has 0 aromatic heterocycles. The Bertz CT molecular complexity index is 638. The largest absolute Gasteiger partial charge is 0.490 e. The van der Waals surface area contributed by atoms with Crippen LogP contribution < -0.4 is 5.43 Å². The molecule has 0 aromatic rings. The second-order valence-corrected chi connectivity index (χ2v) is 7.73. The molecular formula is C16H29N4O9+. The molecule has 5 N–H and O–H groups in total. The predicted octanol–water partition coefficient (Wildman–Crippen LogP) is -2.09. The first kappa shape index (κ1) is 24.7. The number of aliphatic imine (C=N–C) groups is 1. The Hall–Kier alpha value is -2.32. The molecule has 29 heavy (non-hydrogen) atoms. The fraction of sp³-hybridized carbons (Fsp3) is 0.750. The number of amides is 3. The Kier molecular flexibility index (Phi) is 8.06. The molecule has 1 fully saturated rings. The van der Waals surface area contributed by atoms with Gasteiger partial charge in [-0.3, -0.25) is 4.79 Å². The number of nitrogens with zero attached hydrogens (tertiary/aromatic N) is 3. The van der Waals surface area contributed by atoms with Gasteiger partial charge in [0, 0.05) is 6.54 Å². The van der Waals surface area contributed by atoms with E-state index in [1.807, 2.05) is 0 Å². The van der Waals surface area contributed by atoms with E-state index in [1.54, 1.807) is 20.8 Å². The second kappa shape index (κ2) is 9.45. The fourth-order valence-corrected chi connectivity index (χ4v) is 2.72. The summed E-state index contributed by atoms with van der Waals surface area (Å²) in [7, 11) is 1.16. The van der Waals surface area contributed by atoms with Crippen molar-refractivity contribution >= 4 is 24.8 Å². The minimum Gasteiger partial charge on any atom is -0.441 e. The number of aliphatic hydroxyl groups is 4. The first-order valence-electron chi connectivity index (χ1n) is 8.74. The van der Waals surface area contributed by atoms with Crippen molar-refractivity contribution in [2.24, 2.45) is 4.99 Å². The maximum Gasteiger partial charge on any atom is 0.490 e. The summed E-state index contributed by atoms with van der Waals surface area (Å²) in [6.45, 7) is 6.01. The number of nitrogens with one attached hydrogen (secondary N) is 1. The Labute approximate surface area is 167 Å². The number of carbonyl (C=O) groups excluding carboxylic acids is 3. The highest BCUT2D eigenvalue weighted by Crippen LogP contribution is 2.20. The molecule has 1 saturated heterocycles. The summed E-state index contributed by atoms with van der Waals surface area (Å²) >= 11 is 0. The molecule has 3 amide bonds. The van der Waals surface area contributed by atoms with Crippen LogP contribution in [0, 0.1) is 0 Å². The summed E-state index contributed by atoms with van der Waals surface area (Å²) in [5, 5.41) is 39.1. The predicted molar refractivity (Wildman–Crippen MR) is 97.1 cm³/mol. The van der Waals surface area contributed by atoms with Crippen molar-refractivity contribution < 1.29 is 49.1 Å². The van der Waals surface area contributed by atoms with Crippen molar-refractivity contribution in [1.29, 1.82) is 0 Å². The first-order valence-corrected chi connectivity index (χ1v) is 8.74. The lowest BCUT2D eigenvalue weighted by Crippen LogP contribution is -2.67. The van der Waals surface area contributed by atoms with Crippen molar-refractivity contribution in [3.05, 3.63) is 0 Å². The fourth-order valence-electron chi connectivity index (χ4n) is 2.72. The van der Waals surface area contributed by atoms with Crippen molar-refractivity contribution in [3.63, 3.8) is 0 Å². The van der Waals surface area contributed by atoms with Crippen LogP contribution in [0.1, 0.15) is 20.8 Å². The number of hydroxylamine groups is 2. The number of piperidine rings is 1. The molecule has 1 aliphatic rings. The third-order valence-corrected chi connectivity index (χ3v) is 4.00. The third kappa shape index (κ3) is 6.90. The summed E-state index contributed by atoms with van der Waals surface area (Å²) in [5.41, 5.74) is 1.33. The molecule has 0 aromatic carbocycles. The summed E-state index contributed by atoms with van der Waals surface area (Å²) in [5.74, 6) is -0.815. The van der Waals surface area contributed by atoms with Crippen LogP contribution in [0.5, 0.6) is 0 Å². The topological polar surface area (TPSA) is 178 Å². The molecule has 0 bridgehead atoms. The van der Waals surface area contributed by atoms with Crippen LogP contribution in [0.4, 0.5) is 9.59 Å². The minimum absolute atomic E-state index is 0.400. The summed E-state index contributed by atoms with van der Waals surface area (Å²) in [6, 6.07) is -1.22. The zero-order valence-electron chi connectivity index (χ0n) is 16.8. The lowest BCUT2D eigenvalue weighted by molar-refractivity contribution is -1.10. The zero-order chi connectivity index (χ0) is 22.6. The van der Waals surface area contributed by atoms with E-state index >= 15 is 0 Å². The molecule has 13 nitrogen and oxygen atoms in total. The number of likely N-dealkylation sites (tertiary alicyclic amines) is 1. The number of hydrogen-bond acceptors (Lipinski definition) is 9. The Balaban J connectivity index is 3.04. The molecule has 5 atom stereocenters. The van der Waals surface area contributed by atoms with Gasteiger partial charge in [0.05, 0.1) is 12.6 Å². The van der Waals surface area contributed by atoms with Crippen molar-refractivity contribution in [2.45, 2.75) is 50.7 Å². The van der Waals surface area contributed by atoms with E-state index in [4.69, 9.17) is 9.57 Å². The van der Waals surface area contributed by atoms with Gasteiger partial charge in [0.15, 0.2) is 0 Å². The quantitative estimate of drug-likeness (QED) is 0.189. The van der Waals surface area contributed by atoms with Gasteiger partial charge in [0.1, 0.15) is 31.0 Å². The summed E-state index contributed by atoms with van der Waals surface area (Å²) < 4.78 is 3.96. The molecule has 0 aliphatic carbocycles. The summed E-state index contributed by atoms with van der Waals surface area (Å²) in [4.78, 5) is 45.4. The molecule has 0 spiro atoms. The van der Waals surface area contributed by atoms with E-state index in [-0.39, 0.29) is 0 Å². The van der Waals surface area contributed by atoms with E-state index in [0.717, 1.165) is 11.9 Å². The van der Waals surface area contributed by atoms with Gasteiger partial charge in [-0.1, -0.05) is 0 Å². The van der Waals surface area contributed by atoms with Crippen LogP contribution in [0.25, 0.3) is 0 Å². The number of aliphatic hydroxyl groups excluding tert-OH is 4. The van der Waals surface area contributed by atoms with Crippen LogP contribution in [-0.4, -0.2) is 112 Å². The van der Waals surface area contributed by atoms with Gasteiger partial charge < -0.3 is 30.1 Å². The number of rotatable bonds is 5. The highest BCUT2D eigenvalue weighted by Gasteiger charge is 2.46. The maximum atomic E-state index is 12.8. The highest BCUT2D eigenvalue weighted by atomic mass is 16.8. The van der Waals surface area contributed by atoms with Gasteiger partial charge in [0.2, 0.25) is 6.54 Å². The molecule has 13 heteroatoms. The van der Waals surface area contributed by atoms with Gasteiger partial charge in [0.25, 0.3) is 5.91 Å². The number of quaternary nitrogens is 1. The van der Waals surface area contributed by atoms with Gasteiger partial charge >= 0.3 is 12.2 Å². The Morgan fingerprint density at radius 1 is 1.24 bits per heavy atom. The van der Waals surface area contributed by atoms with Crippen molar-refractivity contribution in [2.75, 3.05) is 26.7 Å². The summed E-state index contributed by atoms with van der Waals surface area (Å²) in [6.07, 6.45) is -6.82. The molecule has 1 heterocycles. The van der Waals surface area contributed by atoms with E-state index in [0.29, 0.717) is 0 Å². The van der Waals surface area contributed by atoms with E-state index in [9.17, 15) is 34.8 Å². The smallest absolute Gasteiger partial charge is 0.441 e. The van der Waals surface area contributed by atoms with Crippen LogP contribution >= 0.6 is 0 Å². The average molecular weight is 421 g/mol. The number of likely N-dealkylation sites (N-methyl/N-ethyl adjacent to an activating group) is 1. The molecule has 0 saturated carbocycles. The lowest BCUT2D eigenvalue weighted by atomic mass is 9.94. The molecule has 1 aliphatic heterocycles. The molecule has 0 radical (unpaired) electrons. The zero-order valence-corrected chi connectivity index (χ0v) is 16.8.